The summed E-state index contributed by atoms with van der Waals surface area (Å²) in [6, 6.07) is 6.66. The fraction of sp³-hybridized carbons (Fsp3) is 0.133. The first kappa shape index (κ1) is 14.0. The van der Waals surface area contributed by atoms with Gasteiger partial charge in [0.2, 0.25) is 0 Å². The number of fused-ring (bicyclic) bond motifs is 1. The molecule has 2 aromatic rings. The number of hydrogen-bond acceptors (Lipinski definition) is 5. The number of nitrogens with two attached hydrogens (primary N) is 1. The Balaban J connectivity index is 2.00. The number of rotatable bonds is 2. The van der Waals surface area contributed by atoms with Crippen LogP contribution in [0.2, 0.25) is 0 Å². The van der Waals surface area contributed by atoms with Crippen molar-refractivity contribution in [1.29, 1.82) is 0 Å². The van der Waals surface area contributed by atoms with Crippen LogP contribution in [0.4, 0.5) is 0 Å². The van der Waals surface area contributed by atoms with Gasteiger partial charge < -0.3 is 14.8 Å². The highest BCUT2D eigenvalue weighted by atomic mass is 16.5. The third-order valence-electron chi connectivity index (χ3n) is 3.41. The predicted octanol–water partition coefficient (Wildman–Crippen LogP) is 1.06. The molecule has 0 spiro atoms. The number of nitrogens with zero attached hydrogens (tertiary/aromatic N) is 4. The normalized spacial score (nSPS) is 18.2. The van der Waals surface area contributed by atoms with E-state index in [1.54, 1.807) is 47.5 Å². The first-order valence-corrected chi connectivity index (χ1v) is 6.71. The van der Waals surface area contributed by atoms with Gasteiger partial charge >= 0.3 is 0 Å². The van der Waals surface area contributed by atoms with Crippen molar-refractivity contribution in [2.75, 3.05) is 7.05 Å². The second-order valence-corrected chi connectivity index (χ2v) is 4.98. The molecule has 0 fully saturated rings. The lowest BCUT2D eigenvalue weighted by atomic mass is 10.2. The van der Waals surface area contributed by atoms with Crippen LogP contribution in [0.15, 0.2) is 53.3 Å². The van der Waals surface area contributed by atoms with Crippen LogP contribution in [0, 0.1) is 10.1 Å². The van der Waals surface area contributed by atoms with Crippen LogP contribution < -0.4 is 10.2 Å². The van der Waals surface area contributed by atoms with Gasteiger partial charge in [-0.2, -0.15) is 0 Å². The van der Waals surface area contributed by atoms with Crippen molar-refractivity contribution in [2.45, 2.75) is 6.29 Å². The summed E-state index contributed by atoms with van der Waals surface area (Å²) >= 11 is 0. The average Bonchev–Trinajstić information content (AvgIpc) is 2.53. The quantitative estimate of drug-likeness (QED) is 0.839. The summed E-state index contributed by atoms with van der Waals surface area (Å²) in [5.41, 5.74) is 7.41. The van der Waals surface area contributed by atoms with Crippen molar-refractivity contribution in [3.63, 3.8) is 0 Å². The van der Waals surface area contributed by atoms with Gasteiger partial charge in [-0.25, -0.2) is 0 Å². The van der Waals surface area contributed by atoms with Gasteiger partial charge in [-0.3, -0.25) is 10.7 Å². The van der Waals surface area contributed by atoms with Gasteiger partial charge in [0.15, 0.2) is 6.29 Å². The van der Waals surface area contributed by atoms with Gasteiger partial charge in [0.1, 0.15) is 11.2 Å². The van der Waals surface area contributed by atoms with Crippen LogP contribution >= 0.6 is 0 Å². The van der Waals surface area contributed by atoms with Gasteiger partial charge in [-0.15, -0.1) is 0 Å². The first-order valence-electron chi connectivity index (χ1n) is 6.71. The van der Waals surface area contributed by atoms with E-state index in [0.717, 1.165) is 10.3 Å². The zero-order valence-corrected chi connectivity index (χ0v) is 12.0. The number of para-hydroxylation sites is 2. The van der Waals surface area contributed by atoms with E-state index in [1.165, 1.54) is 6.20 Å². The zero-order valence-electron chi connectivity index (χ0n) is 12.0. The molecule has 0 saturated carbocycles. The Morgan fingerprint density at radius 1 is 1.36 bits per heavy atom. The Kier molecular flexibility index (Phi) is 3.48. The molecule has 0 bridgehead atoms. The third-order valence-corrected chi connectivity index (χ3v) is 3.41. The van der Waals surface area contributed by atoms with Crippen molar-refractivity contribution in [2.24, 2.45) is 10.7 Å². The Morgan fingerprint density at radius 3 is 2.91 bits per heavy atom. The first-order chi connectivity index (χ1) is 10.6. The van der Waals surface area contributed by atoms with Crippen LogP contribution in [0.1, 0.15) is 5.69 Å². The van der Waals surface area contributed by atoms with Crippen LogP contribution in [-0.4, -0.2) is 29.2 Å². The summed E-state index contributed by atoms with van der Waals surface area (Å²) in [7, 11) is 1.81. The van der Waals surface area contributed by atoms with Crippen LogP contribution in [0.5, 0.6) is 0 Å². The highest BCUT2D eigenvalue weighted by molar-refractivity contribution is 5.85. The van der Waals surface area contributed by atoms with Gasteiger partial charge in [0, 0.05) is 36.0 Å². The molecule has 7 heteroatoms. The fourth-order valence-electron chi connectivity index (χ4n) is 2.19. The van der Waals surface area contributed by atoms with Crippen molar-refractivity contribution in [1.82, 2.24) is 9.63 Å². The van der Waals surface area contributed by atoms with Gasteiger partial charge in [-0.05, 0) is 18.2 Å². The molecule has 1 unspecified atom stereocenters. The fourth-order valence-corrected chi connectivity index (χ4v) is 2.19. The second-order valence-electron chi connectivity index (χ2n) is 4.98. The predicted molar refractivity (Wildman–Crippen MR) is 85.4 cm³/mol. The van der Waals surface area contributed by atoms with E-state index in [2.05, 4.69) is 4.99 Å². The minimum atomic E-state index is -0.397. The molecular weight excluding hydrogens is 282 g/mol. The SMILES string of the molecule is CN1C=C(C=Cc2c[n+](=O)c3ccccc3n2[O-])C=NC1N. The lowest BCUT2D eigenvalue weighted by Gasteiger charge is -2.22. The second kappa shape index (κ2) is 5.45. The van der Waals surface area contributed by atoms with Crippen molar-refractivity contribution in [3.05, 3.63) is 64.1 Å². The van der Waals surface area contributed by atoms with Gasteiger partial charge in [0.25, 0.3) is 11.7 Å². The topological polar surface area (TPSA) is 92.6 Å². The minimum Gasteiger partial charge on any atom is -0.805 e. The maximum absolute atomic E-state index is 12.3. The molecule has 1 aliphatic rings. The molecule has 112 valence electrons. The van der Waals surface area contributed by atoms with E-state index in [0.29, 0.717) is 15.5 Å². The standard InChI is InChI=1S/C15H15N5O2/c1-18-9-11(8-17-15(18)16)6-7-12-10-19(21)13-4-2-3-5-14(13)20(12)22/h2-10,15H,16H2,1H3. The Hall–Kier alpha value is -2.93. The van der Waals surface area contributed by atoms with Crippen molar-refractivity contribution < 1.29 is 4.43 Å². The van der Waals surface area contributed by atoms with Gasteiger partial charge in [0.05, 0.1) is 4.43 Å². The molecule has 3 rings (SSSR count). The van der Waals surface area contributed by atoms with Crippen LogP contribution in [0.3, 0.4) is 0 Å². The number of aliphatic imine (C=N–C) groups is 1. The summed E-state index contributed by atoms with van der Waals surface area (Å²) in [4.78, 5) is 17.8. The maximum atomic E-state index is 12.3. The van der Waals surface area contributed by atoms with E-state index in [4.69, 9.17) is 5.73 Å². The van der Waals surface area contributed by atoms with E-state index < -0.39 is 6.29 Å². The molecule has 1 aromatic heterocycles. The summed E-state index contributed by atoms with van der Waals surface area (Å²) < 4.78 is 1.42. The third kappa shape index (κ3) is 2.49. The highest BCUT2D eigenvalue weighted by Gasteiger charge is 2.10. The van der Waals surface area contributed by atoms with E-state index in [-0.39, 0.29) is 5.69 Å². The molecule has 1 atom stereocenters. The number of allylic oxidation sites excluding steroid dienone is 2. The highest BCUT2D eigenvalue weighted by Crippen LogP contribution is 2.13. The molecule has 1 aromatic carbocycles. The summed E-state index contributed by atoms with van der Waals surface area (Å²) in [6.07, 6.45) is 7.59. The Labute approximate surface area is 126 Å². The van der Waals surface area contributed by atoms with Crippen LogP contribution in [0.25, 0.3) is 17.1 Å². The molecule has 7 nitrogen and oxygen atoms in total. The lowest BCUT2D eigenvalue weighted by molar-refractivity contribution is -0.464. The zero-order chi connectivity index (χ0) is 15.7. The molecule has 0 radical (unpaired) electrons. The smallest absolute Gasteiger partial charge is 0.286 e. The summed E-state index contributed by atoms with van der Waals surface area (Å²) in [5, 5.41) is 12.3. The number of benzene rings is 1. The van der Waals surface area contributed by atoms with Crippen molar-refractivity contribution in [3.8, 4) is 0 Å². The molecular formula is C15H15N5O2. The molecule has 0 amide bonds. The van der Waals surface area contributed by atoms with E-state index in [9.17, 15) is 10.1 Å². The molecule has 1 aliphatic heterocycles. The Bertz CT molecular complexity index is 866. The van der Waals surface area contributed by atoms with Crippen LogP contribution in [-0.2, 0) is 0 Å². The lowest BCUT2D eigenvalue weighted by Crippen LogP contribution is -2.36. The van der Waals surface area contributed by atoms with E-state index in [1.807, 2.05) is 13.2 Å². The van der Waals surface area contributed by atoms with E-state index >= 15 is 0 Å². The number of hydrogen-bond donors (Lipinski definition) is 1. The molecule has 0 saturated heterocycles. The molecule has 2 N–H and O–H groups in total. The summed E-state index contributed by atoms with van der Waals surface area (Å²) in [5.74, 6) is 0. The largest absolute Gasteiger partial charge is 0.805 e. The monoisotopic (exact) mass is 297 g/mol. The maximum Gasteiger partial charge on any atom is 0.286 e. The van der Waals surface area contributed by atoms with Gasteiger partial charge in [-0.1, -0.05) is 12.1 Å². The summed E-state index contributed by atoms with van der Waals surface area (Å²) in [6.45, 7) is 0. The minimum absolute atomic E-state index is 0.250. The molecule has 0 aliphatic carbocycles. The number of aromatic nitrogens is 2. The average molecular weight is 297 g/mol. The Morgan fingerprint density at radius 2 is 2.14 bits per heavy atom. The van der Waals surface area contributed by atoms with Crippen molar-refractivity contribution >= 4 is 23.3 Å². The molecule has 2 heterocycles. The molecule has 22 heavy (non-hydrogen) atoms.